The van der Waals surface area contributed by atoms with Crippen LogP contribution in [-0.2, 0) is 35.6 Å². The first kappa shape index (κ1) is 19.4. The maximum atomic E-state index is 12.0. The summed E-state index contributed by atoms with van der Waals surface area (Å²) in [6.45, 7) is 1.34. The monoisotopic (exact) mass is 506 g/mol. The van der Waals surface area contributed by atoms with E-state index in [9.17, 15) is 14.5 Å². The van der Waals surface area contributed by atoms with Crippen LogP contribution < -0.4 is 0 Å². The third-order valence-electron chi connectivity index (χ3n) is 2.84. The van der Waals surface area contributed by atoms with Gasteiger partial charge in [-0.05, 0) is 18.7 Å². The van der Waals surface area contributed by atoms with E-state index in [1.807, 2.05) is 36.4 Å². The third-order valence-corrected chi connectivity index (χ3v) is 4.19. The molecule has 23 heavy (non-hydrogen) atoms. The third kappa shape index (κ3) is 6.53. The molecule has 2 rings (SSSR count). The quantitative estimate of drug-likeness (QED) is 0.280. The Morgan fingerprint density at radius 2 is 2.09 bits per heavy atom. The number of aliphatic hydroxyl groups excluding tert-OH is 1. The number of benzene rings is 1. The molecule has 1 atom stereocenters. The Morgan fingerprint density at radius 3 is 2.74 bits per heavy atom. The van der Waals surface area contributed by atoms with E-state index in [-0.39, 0.29) is 44.0 Å². The molecule has 0 spiro atoms. The molecule has 0 fully saturated rings. The zero-order chi connectivity index (χ0) is 15.9. The molecule has 1 aromatic carbocycles. The van der Waals surface area contributed by atoms with Crippen LogP contribution in [0.3, 0.4) is 0 Å². The van der Waals surface area contributed by atoms with E-state index in [4.69, 9.17) is 0 Å². The van der Waals surface area contributed by atoms with Gasteiger partial charge in [0.1, 0.15) is 5.76 Å². The average molecular weight is 506 g/mol. The number of carbonyl (C=O) groups excluding carboxylic acids is 1. The van der Waals surface area contributed by atoms with E-state index in [1.165, 1.54) is 6.92 Å². The summed E-state index contributed by atoms with van der Waals surface area (Å²) in [5, 5.41) is 9.53. The summed E-state index contributed by atoms with van der Waals surface area (Å²) in [5.74, 6) is -0.415. The molecular weight excluding hydrogens is 489 g/mol. The van der Waals surface area contributed by atoms with Gasteiger partial charge in [0.05, 0.1) is 5.69 Å². The van der Waals surface area contributed by atoms with Gasteiger partial charge >= 0.3 is 7.80 Å². The molecule has 0 aliphatic heterocycles. The average Bonchev–Trinajstić information content (AvgIpc) is 2.47. The zero-order valence-corrected chi connectivity index (χ0v) is 15.8. The van der Waals surface area contributed by atoms with Crippen LogP contribution in [0.4, 0.5) is 0 Å². The van der Waals surface area contributed by atoms with Crippen LogP contribution in [0.2, 0.25) is 0 Å². The maximum Gasteiger partial charge on any atom is 0.352 e. The molecule has 121 valence electrons. The summed E-state index contributed by atoms with van der Waals surface area (Å²) in [7, 11) is -1.70. The van der Waals surface area contributed by atoms with Gasteiger partial charge in [0, 0.05) is 26.2 Å². The van der Waals surface area contributed by atoms with E-state index in [1.54, 1.807) is 6.07 Å². The Balaban J connectivity index is 0.00000264. The van der Waals surface area contributed by atoms with Gasteiger partial charge in [-0.25, -0.2) is 0 Å². The van der Waals surface area contributed by atoms with Gasteiger partial charge in [0.2, 0.25) is 6.16 Å². The number of allylic oxidation sites excluding steroid dienone is 2. The molecule has 1 aromatic heterocycles. The number of carbonyl (C=O) groups is 1. The van der Waals surface area contributed by atoms with Gasteiger partial charge in [-0.1, -0.05) is 16.7 Å². The minimum Gasteiger partial charge on any atom is -0.508 e. The molecule has 0 aliphatic carbocycles. The molecular formula is C17H16IrNO3P. The Morgan fingerprint density at radius 1 is 1.30 bits per heavy atom. The van der Waals surface area contributed by atoms with Crippen LogP contribution in [0.15, 0.2) is 54.3 Å². The van der Waals surface area contributed by atoms with E-state index in [0.29, 0.717) is 5.69 Å². The van der Waals surface area contributed by atoms with E-state index in [2.05, 4.69) is 11.1 Å². The van der Waals surface area contributed by atoms with Crippen molar-refractivity contribution in [2.24, 2.45) is 0 Å². The SMILES string of the molecule is CC(=O)/C=C(\O)C[P+](=O)Cc1cccc(-c2[c-]cccc2)n1.[Ir]. The maximum absolute atomic E-state index is 12.0. The summed E-state index contributed by atoms with van der Waals surface area (Å²) in [4.78, 5) is 15.3. The van der Waals surface area contributed by atoms with Crippen LogP contribution in [0.25, 0.3) is 11.3 Å². The summed E-state index contributed by atoms with van der Waals surface area (Å²) in [6.07, 6.45) is 1.33. The molecule has 0 saturated heterocycles. The standard InChI is InChI=1S/C17H16NO3P.Ir/c1-13(19)10-16(20)12-22(21)11-15-8-5-9-17(18-15)14-6-3-2-4-7-14;/h2-6,8-10,20H,11-12H2,1H3;/b16-10-;. The number of hydrogen-bond acceptors (Lipinski definition) is 4. The first-order chi connectivity index (χ1) is 10.5. The van der Waals surface area contributed by atoms with Crippen LogP contribution in [0.1, 0.15) is 12.6 Å². The van der Waals surface area contributed by atoms with Crippen LogP contribution in [-0.4, -0.2) is 22.0 Å². The number of aliphatic hydroxyl groups is 1. The molecule has 1 radical (unpaired) electrons. The Hall–Kier alpha value is -1.67. The van der Waals surface area contributed by atoms with E-state index >= 15 is 0 Å². The fraction of sp³-hybridized carbons (Fsp3) is 0.176. The number of pyridine rings is 1. The smallest absolute Gasteiger partial charge is 0.352 e. The second-order valence-corrected chi connectivity index (χ2v) is 6.43. The molecule has 4 nitrogen and oxygen atoms in total. The summed E-state index contributed by atoms with van der Waals surface area (Å²) >= 11 is 0. The Bertz CT molecular complexity index is 717. The predicted molar refractivity (Wildman–Crippen MR) is 86.1 cm³/mol. The van der Waals surface area contributed by atoms with Crippen molar-refractivity contribution in [1.29, 1.82) is 0 Å². The molecule has 0 bridgehead atoms. The van der Waals surface area contributed by atoms with Crippen molar-refractivity contribution in [2.45, 2.75) is 13.1 Å². The van der Waals surface area contributed by atoms with Gasteiger partial charge in [-0.2, -0.15) is 0 Å². The predicted octanol–water partition coefficient (Wildman–Crippen LogP) is 3.90. The van der Waals surface area contributed by atoms with Gasteiger partial charge in [0.25, 0.3) is 0 Å². The minimum atomic E-state index is -1.70. The molecule has 0 saturated carbocycles. The van der Waals surface area contributed by atoms with Crippen LogP contribution in [0.5, 0.6) is 0 Å². The summed E-state index contributed by atoms with van der Waals surface area (Å²) in [5.41, 5.74) is 2.33. The first-order valence-electron chi connectivity index (χ1n) is 6.80. The molecule has 1 N–H and O–H groups in total. The first-order valence-corrected chi connectivity index (χ1v) is 8.43. The normalized spacial score (nSPS) is 11.5. The summed E-state index contributed by atoms with van der Waals surface area (Å²) < 4.78 is 12.0. The van der Waals surface area contributed by atoms with Crippen molar-refractivity contribution >= 4 is 13.6 Å². The zero-order valence-electron chi connectivity index (χ0n) is 12.5. The molecule has 0 amide bonds. The fourth-order valence-electron chi connectivity index (χ4n) is 1.97. The number of rotatable bonds is 6. The molecule has 2 aromatic rings. The molecule has 6 heteroatoms. The molecule has 1 heterocycles. The largest absolute Gasteiger partial charge is 0.508 e. The minimum absolute atomic E-state index is 0. The van der Waals surface area contributed by atoms with Gasteiger partial charge in [-0.3, -0.25) is 9.78 Å². The van der Waals surface area contributed by atoms with E-state index < -0.39 is 7.80 Å². The van der Waals surface area contributed by atoms with Crippen LogP contribution in [0, 0.1) is 6.07 Å². The fourth-order valence-corrected chi connectivity index (χ4v) is 3.07. The summed E-state index contributed by atoms with van der Waals surface area (Å²) in [6, 6.07) is 16.1. The van der Waals surface area contributed by atoms with Crippen molar-refractivity contribution in [3.63, 3.8) is 0 Å². The Kier molecular flexibility index (Phi) is 7.97. The number of aromatic nitrogens is 1. The second-order valence-electron chi connectivity index (χ2n) is 4.83. The molecule has 1 unspecified atom stereocenters. The van der Waals surface area contributed by atoms with Gasteiger partial charge in [-0.15, -0.1) is 35.9 Å². The van der Waals surface area contributed by atoms with Crippen molar-refractivity contribution in [2.75, 3.05) is 6.16 Å². The van der Waals surface area contributed by atoms with E-state index in [0.717, 1.165) is 17.3 Å². The van der Waals surface area contributed by atoms with Crippen LogP contribution >= 0.6 is 7.80 Å². The van der Waals surface area contributed by atoms with Crippen molar-refractivity contribution in [3.05, 3.63) is 66.1 Å². The van der Waals surface area contributed by atoms with Crippen molar-refractivity contribution < 1.29 is 34.6 Å². The second kappa shape index (κ2) is 9.46. The topological polar surface area (TPSA) is 67.3 Å². The molecule has 0 aliphatic rings. The Labute approximate surface area is 149 Å². The number of hydrogen-bond donors (Lipinski definition) is 1. The van der Waals surface area contributed by atoms with Crippen molar-refractivity contribution in [1.82, 2.24) is 4.98 Å². The number of ketones is 1. The van der Waals surface area contributed by atoms with Crippen molar-refractivity contribution in [3.8, 4) is 11.3 Å². The van der Waals surface area contributed by atoms with Gasteiger partial charge < -0.3 is 5.11 Å². The van der Waals surface area contributed by atoms with Gasteiger partial charge in [0.15, 0.2) is 11.9 Å². The number of nitrogens with zero attached hydrogens (tertiary/aromatic N) is 1.